The zero-order valence-electron chi connectivity index (χ0n) is 13.1. The number of halogens is 1. The van der Waals surface area contributed by atoms with Crippen molar-refractivity contribution in [1.82, 2.24) is 19.8 Å². The number of hydrogen-bond donors (Lipinski definition) is 1. The van der Waals surface area contributed by atoms with Gasteiger partial charge in [0.15, 0.2) is 11.4 Å². The molecule has 0 aliphatic carbocycles. The van der Waals surface area contributed by atoms with E-state index in [0.29, 0.717) is 16.7 Å². The second-order valence-electron chi connectivity index (χ2n) is 4.18. The summed E-state index contributed by atoms with van der Waals surface area (Å²) in [6.45, 7) is 5.37. The molecule has 0 aliphatic heterocycles. The average Bonchev–Trinajstić information content (AvgIpc) is 2.82. The zero-order valence-corrected chi connectivity index (χ0v) is 15.5. The molecule has 0 atom stereocenters. The molecule has 0 bridgehead atoms. The number of aromatic nitrogens is 6. The number of thiol groups is 1. The molecule has 22 heavy (non-hydrogen) atoms. The molecule has 121 valence electrons. The predicted octanol–water partition coefficient (Wildman–Crippen LogP) is 0.110. The topological polar surface area (TPSA) is 102 Å². The van der Waals surface area contributed by atoms with Crippen LogP contribution in [0, 0.1) is 31.2 Å². The summed E-state index contributed by atoms with van der Waals surface area (Å²) in [5, 5.41) is 30.2. The Morgan fingerprint density at radius 1 is 1.14 bits per heavy atom. The molecule has 0 amide bonds. The summed E-state index contributed by atoms with van der Waals surface area (Å²) < 4.78 is 2.69. The Hall–Kier alpha value is -1.43. The van der Waals surface area contributed by atoms with Gasteiger partial charge in [-0.2, -0.15) is 9.69 Å². The maximum absolute atomic E-state index is 11.0. The van der Waals surface area contributed by atoms with Crippen molar-refractivity contribution >= 4 is 36.4 Å². The molecule has 0 saturated carbocycles. The van der Waals surface area contributed by atoms with Gasteiger partial charge >= 0.3 is 24.8 Å². The summed E-state index contributed by atoms with van der Waals surface area (Å²) in [7, 11) is 7.57. The first-order valence-electron chi connectivity index (χ1n) is 6.03. The summed E-state index contributed by atoms with van der Waals surface area (Å²) in [5.74, 6) is 0. The van der Waals surface area contributed by atoms with Crippen LogP contribution in [-0.2, 0) is 19.4 Å². The van der Waals surface area contributed by atoms with Crippen molar-refractivity contribution in [3.8, 4) is 0 Å². The van der Waals surface area contributed by atoms with E-state index in [1.807, 2.05) is 13.8 Å². The first-order valence-corrected chi connectivity index (χ1v) is 7.55. The van der Waals surface area contributed by atoms with Gasteiger partial charge < -0.3 is 10.4 Å². The molecule has 0 unspecified atom stereocenters. The molecule has 2 aromatic rings. The van der Waals surface area contributed by atoms with E-state index in [-0.39, 0.29) is 0 Å². The number of aryl methyl sites for hydroxylation is 4. The van der Waals surface area contributed by atoms with Gasteiger partial charge in [-0.3, -0.25) is 0 Å². The van der Waals surface area contributed by atoms with Crippen molar-refractivity contribution in [3.05, 3.63) is 33.2 Å². The number of rotatable bonds is 1. The normalized spacial score (nSPS) is 9.36. The van der Waals surface area contributed by atoms with Crippen molar-refractivity contribution in [2.75, 3.05) is 0 Å². The molecule has 12 heteroatoms. The summed E-state index contributed by atoms with van der Waals surface area (Å²) in [6, 6.07) is 0. The van der Waals surface area contributed by atoms with Crippen molar-refractivity contribution in [2.24, 2.45) is 18.4 Å². The van der Waals surface area contributed by atoms with Gasteiger partial charge in [-0.25, -0.2) is 0 Å². The van der Waals surface area contributed by atoms with Crippen LogP contribution in [0.15, 0.2) is 4.30 Å². The molecule has 0 N–H and O–H groups in total. The van der Waals surface area contributed by atoms with Crippen molar-refractivity contribution in [2.45, 2.75) is 26.1 Å². The van der Waals surface area contributed by atoms with Crippen LogP contribution in [0.3, 0.4) is 0 Å². The third-order valence-corrected chi connectivity index (χ3v) is 3.23. The second-order valence-corrected chi connectivity index (χ2v) is 4.97. The van der Waals surface area contributed by atoms with Crippen LogP contribution in [0.5, 0.6) is 0 Å². The minimum atomic E-state index is 0.552. The standard InChI is InChI=1S/C5H8BrN3O.C5H9N3O.BHNS/c1-4-5(3-6)9(10)8(2)7-4;1-4-5(2)8(9)7(3)6-4;1-2-3/h3H2,1-2H3;1-3H3;3H. The molecular formula is C10H18BBrN7O2S. The fourth-order valence-corrected chi connectivity index (χ4v) is 2.08. The Labute approximate surface area is 143 Å². The molecule has 0 saturated heterocycles. The quantitative estimate of drug-likeness (QED) is 0.245. The Balaban J connectivity index is 0.000000342. The Morgan fingerprint density at radius 3 is 1.68 bits per heavy atom. The number of nitrogens with zero attached hydrogens (tertiary/aromatic N) is 7. The fourth-order valence-electron chi connectivity index (χ4n) is 1.46. The van der Waals surface area contributed by atoms with Crippen LogP contribution in [0.2, 0.25) is 0 Å². The van der Waals surface area contributed by atoms with E-state index in [1.165, 1.54) is 9.59 Å². The second kappa shape index (κ2) is 9.56. The molecular weight excluding hydrogens is 373 g/mol. The predicted molar refractivity (Wildman–Crippen MR) is 88.3 cm³/mol. The van der Waals surface area contributed by atoms with Crippen LogP contribution in [0.1, 0.15) is 22.8 Å². The zero-order chi connectivity index (χ0) is 17.4. The van der Waals surface area contributed by atoms with E-state index in [2.05, 4.69) is 50.9 Å². The first kappa shape index (κ1) is 20.6. The number of hydrogen-bond acceptors (Lipinski definition) is 6. The molecule has 0 fully saturated rings. The third-order valence-electron chi connectivity index (χ3n) is 2.70. The Kier molecular flexibility index (Phi) is 8.94. The summed E-state index contributed by atoms with van der Waals surface area (Å²) in [4.78, 5) is 4.07. The monoisotopic (exact) mass is 390 g/mol. The van der Waals surface area contributed by atoms with Crippen LogP contribution in [0.4, 0.5) is 0 Å². The van der Waals surface area contributed by atoms with Gasteiger partial charge in [-0.1, -0.05) is 15.9 Å². The summed E-state index contributed by atoms with van der Waals surface area (Å²) in [5.41, 5.74) is 2.89. The van der Waals surface area contributed by atoms with Gasteiger partial charge in [0, 0.05) is 31.0 Å². The first-order chi connectivity index (χ1) is 10.2. The molecule has 2 aromatic heterocycles. The Bertz CT molecular complexity index is 609. The Morgan fingerprint density at radius 2 is 1.55 bits per heavy atom. The molecule has 2 heterocycles. The van der Waals surface area contributed by atoms with E-state index in [9.17, 15) is 10.4 Å². The van der Waals surface area contributed by atoms with Crippen LogP contribution >= 0.6 is 28.7 Å². The van der Waals surface area contributed by atoms with E-state index in [0.717, 1.165) is 21.1 Å². The molecule has 0 aromatic carbocycles. The minimum absolute atomic E-state index is 0.552. The van der Waals surface area contributed by atoms with Crippen LogP contribution in [0.25, 0.3) is 0 Å². The van der Waals surface area contributed by atoms with Gasteiger partial charge in [0.1, 0.15) is 0 Å². The molecule has 9 nitrogen and oxygen atoms in total. The molecule has 0 aliphatic rings. The van der Waals surface area contributed by atoms with E-state index >= 15 is 0 Å². The average molecular weight is 391 g/mol. The van der Waals surface area contributed by atoms with Crippen molar-refractivity contribution in [3.63, 3.8) is 0 Å². The molecule has 1 radical (unpaired) electrons. The van der Waals surface area contributed by atoms with Gasteiger partial charge in [0.25, 0.3) is 0 Å². The SMILES string of the molecule is Cc1nn(C)[n+]([O-])c1C.Cc1nn(C)[n+]([O-])c1CBr.[B]=NS. The van der Waals surface area contributed by atoms with E-state index in [4.69, 9.17) is 0 Å². The maximum atomic E-state index is 11.0. The number of alkyl halides is 1. The van der Waals surface area contributed by atoms with E-state index < -0.39 is 0 Å². The molecule has 2 rings (SSSR count). The van der Waals surface area contributed by atoms with Gasteiger partial charge in [-0.15, -0.1) is 0 Å². The van der Waals surface area contributed by atoms with Gasteiger partial charge in [0.05, 0.1) is 19.4 Å². The molecule has 0 spiro atoms. The summed E-state index contributed by atoms with van der Waals surface area (Å²) >= 11 is 6.39. The third kappa shape index (κ3) is 5.41. The van der Waals surface area contributed by atoms with E-state index in [1.54, 1.807) is 21.0 Å². The fraction of sp³-hybridized carbons (Fsp3) is 0.600. The van der Waals surface area contributed by atoms with Crippen molar-refractivity contribution < 1.29 is 9.69 Å². The van der Waals surface area contributed by atoms with Crippen molar-refractivity contribution in [1.29, 1.82) is 0 Å². The van der Waals surface area contributed by atoms with Gasteiger partial charge in [0.2, 0.25) is 11.4 Å². The van der Waals surface area contributed by atoms with Crippen LogP contribution in [-0.4, -0.2) is 27.4 Å². The van der Waals surface area contributed by atoms with Crippen LogP contribution < -0.4 is 9.69 Å². The summed E-state index contributed by atoms with van der Waals surface area (Å²) in [6.07, 6.45) is 0. The van der Waals surface area contributed by atoms with Gasteiger partial charge in [-0.05, 0) is 9.59 Å².